The van der Waals surface area contributed by atoms with E-state index < -0.39 is 17.8 Å². The number of carbonyl (C=O) groups excluding carboxylic acids is 3. The quantitative estimate of drug-likeness (QED) is 0.396. The standard InChI is InChI=1S/C17H11Cl4NO5/c1-26-16(24)7-5-3-4-6-8(7)22-15(23)9-10(17(25)27-2)12(19)14(21)13(20)11(9)18/h3-6H,1-2H3,(H,22,23). The van der Waals surface area contributed by atoms with Crippen molar-refractivity contribution in [3.05, 3.63) is 61.0 Å². The van der Waals surface area contributed by atoms with Crippen molar-refractivity contribution in [3.63, 3.8) is 0 Å². The summed E-state index contributed by atoms with van der Waals surface area (Å²) in [7, 11) is 2.30. The largest absolute Gasteiger partial charge is 0.465 e. The Balaban J connectivity index is 2.61. The molecule has 0 aliphatic heterocycles. The van der Waals surface area contributed by atoms with E-state index in [0.29, 0.717) is 0 Å². The van der Waals surface area contributed by atoms with Crippen LogP contribution in [-0.4, -0.2) is 32.1 Å². The summed E-state index contributed by atoms with van der Waals surface area (Å²) in [5.41, 5.74) is -0.479. The Morgan fingerprint density at radius 2 is 1.30 bits per heavy atom. The number of hydrogen-bond donors (Lipinski definition) is 1. The van der Waals surface area contributed by atoms with Crippen LogP contribution in [0.1, 0.15) is 31.1 Å². The maximum atomic E-state index is 12.8. The summed E-state index contributed by atoms with van der Waals surface area (Å²) in [6.07, 6.45) is 0. The van der Waals surface area contributed by atoms with Crippen molar-refractivity contribution >= 4 is 69.9 Å². The van der Waals surface area contributed by atoms with Gasteiger partial charge in [-0.15, -0.1) is 0 Å². The normalized spacial score (nSPS) is 10.3. The lowest BCUT2D eigenvalue weighted by atomic mass is 10.1. The molecule has 0 radical (unpaired) electrons. The molecular formula is C17H11Cl4NO5. The van der Waals surface area contributed by atoms with Gasteiger partial charge in [0.05, 0.1) is 56.7 Å². The number of halogens is 4. The Morgan fingerprint density at radius 3 is 1.85 bits per heavy atom. The first-order valence-corrected chi connectivity index (χ1v) is 8.68. The van der Waals surface area contributed by atoms with E-state index in [4.69, 9.17) is 46.4 Å². The predicted octanol–water partition coefficient (Wildman–Crippen LogP) is 5.13. The topological polar surface area (TPSA) is 81.7 Å². The number of esters is 2. The van der Waals surface area contributed by atoms with Gasteiger partial charge in [-0.25, -0.2) is 9.59 Å². The summed E-state index contributed by atoms with van der Waals surface area (Å²) in [4.78, 5) is 36.8. The van der Waals surface area contributed by atoms with Crippen molar-refractivity contribution in [2.24, 2.45) is 0 Å². The van der Waals surface area contributed by atoms with Crippen molar-refractivity contribution in [1.82, 2.24) is 0 Å². The van der Waals surface area contributed by atoms with Crippen LogP contribution in [0.3, 0.4) is 0 Å². The minimum absolute atomic E-state index is 0.0928. The average Bonchev–Trinajstić information content (AvgIpc) is 2.67. The van der Waals surface area contributed by atoms with Gasteiger partial charge in [0.1, 0.15) is 0 Å². The van der Waals surface area contributed by atoms with Gasteiger partial charge in [-0.3, -0.25) is 4.79 Å². The second-order valence-corrected chi connectivity index (χ2v) is 6.50. The lowest BCUT2D eigenvalue weighted by Gasteiger charge is -2.16. The Bertz CT molecular complexity index is 945. The molecule has 0 aliphatic carbocycles. The molecule has 0 unspecified atom stereocenters. The van der Waals surface area contributed by atoms with Crippen LogP contribution in [0.15, 0.2) is 24.3 Å². The molecule has 6 nitrogen and oxygen atoms in total. The number of rotatable bonds is 4. The highest BCUT2D eigenvalue weighted by molar-refractivity contribution is 6.54. The number of ether oxygens (including phenoxy) is 2. The van der Waals surface area contributed by atoms with Crippen LogP contribution in [0.25, 0.3) is 0 Å². The average molecular weight is 451 g/mol. The number of anilines is 1. The number of methoxy groups -OCH3 is 2. The zero-order chi connectivity index (χ0) is 20.3. The lowest BCUT2D eigenvalue weighted by molar-refractivity contribution is 0.0590. The molecule has 27 heavy (non-hydrogen) atoms. The number of carbonyl (C=O) groups is 3. The van der Waals surface area contributed by atoms with Gasteiger partial charge in [0, 0.05) is 0 Å². The smallest absolute Gasteiger partial charge is 0.340 e. The zero-order valence-corrected chi connectivity index (χ0v) is 16.9. The van der Waals surface area contributed by atoms with Gasteiger partial charge < -0.3 is 14.8 Å². The molecule has 0 saturated carbocycles. The third-order valence-corrected chi connectivity index (χ3v) is 5.27. The number of para-hydroxylation sites is 1. The summed E-state index contributed by atoms with van der Waals surface area (Å²) in [6, 6.07) is 6.10. The van der Waals surface area contributed by atoms with Crippen LogP contribution in [-0.2, 0) is 9.47 Å². The lowest BCUT2D eigenvalue weighted by Crippen LogP contribution is -2.20. The second-order valence-electron chi connectivity index (χ2n) is 4.99. The molecule has 0 heterocycles. The molecule has 0 aliphatic rings. The number of nitrogens with one attached hydrogen (secondary N) is 1. The van der Waals surface area contributed by atoms with Crippen LogP contribution >= 0.6 is 46.4 Å². The number of benzene rings is 2. The number of hydrogen-bond acceptors (Lipinski definition) is 5. The molecule has 1 N–H and O–H groups in total. The van der Waals surface area contributed by atoms with Gasteiger partial charge in [-0.05, 0) is 12.1 Å². The van der Waals surface area contributed by atoms with Crippen molar-refractivity contribution < 1.29 is 23.9 Å². The zero-order valence-electron chi connectivity index (χ0n) is 13.9. The van der Waals surface area contributed by atoms with Crippen molar-refractivity contribution in [1.29, 1.82) is 0 Å². The van der Waals surface area contributed by atoms with E-state index in [0.717, 1.165) is 7.11 Å². The minimum atomic E-state index is -0.938. The summed E-state index contributed by atoms with van der Waals surface area (Å²) in [5.74, 6) is -2.46. The van der Waals surface area contributed by atoms with Crippen LogP contribution < -0.4 is 5.32 Å². The Hall–Kier alpha value is -1.99. The fraction of sp³-hybridized carbons (Fsp3) is 0.118. The Kier molecular flexibility index (Phi) is 6.95. The Labute approximate surface area is 174 Å². The molecule has 1 amide bonds. The molecule has 10 heteroatoms. The highest BCUT2D eigenvalue weighted by Crippen LogP contribution is 2.42. The first kappa shape index (κ1) is 21.3. The maximum absolute atomic E-state index is 12.8. The van der Waals surface area contributed by atoms with Crippen molar-refractivity contribution in [2.45, 2.75) is 0 Å². The molecule has 0 bridgehead atoms. The van der Waals surface area contributed by atoms with E-state index in [1.807, 2.05) is 0 Å². The van der Waals surface area contributed by atoms with Gasteiger partial charge in [-0.2, -0.15) is 0 Å². The van der Waals surface area contributed by atoms with Crippen LogP contribution in [0, 0.1) is 0 Å². The highest BCUT2D eigenvalue weighted by atomic mass is 35.5. The summed E-state index contributed by atoms with van der Waals surface area (Å²) in [6.45, 7) is 0. The van der Waals surface area contributed by atoms with Gasteiger partial charge in [-0.1, -0.05) is 58.5 Å². The fourth-order valence-electron chi connectivity index (χ4n) is 2.20. The second kappa shape index (κ2) is 8.80. The summed E-state index contributed by atoms with van der Waals surface area (Å²) < 4.78 is 9.32. The van der Waals surface area contributed by atoms with Crippen molar-refractivity contribution in [2.75, 3.05) is 19.5 Å². The molecule has 0 saturated heterocycles. The van der Waals surface area contributed by atoms with E-state index in [-0.39, 0.29) is 42.5 Å². The third-order valence-electron chi connectivity index (χ3n) is 3.46. The Morgan fingerprint density at radius 1 is 0.778 bits per heavy atom. The molecule has 2 aromatic rings. The monoisotopic (exact) mass is 449 g/mol. The maximum Gasteiger partial charge on any atom is 0.340 e. The third kappa shape index (κ3) is 4.14. The molecule has 0 aromatic heterocycles. The molecule has 2 aromatic carbocycles. The molecule has 0 spiro atoms. The minimum Gasteiger partial charge on any atom is -0.465 e. The molecule has 0 atom stereocenters. The van der Waals surface area contributed by atoms with E-state index in [9.17, 15) is 14.4 Å². The molecular weight excluding hydrogens is 440 g/mol. The van der Waals surface area contributed by atoms with Gasteiger partial charge in [0.15, 0.2) is 0 Å². The fourth-order valence-corrected chi connectivity index (χ4v) is 3.22. The van der Waals surface area contributed by atoms with E-state index >= 15 is 0 Å². The summed E-state index contributed by atoms with van der Waals surface area (Å²) >= 11 is 24.2. The van der Waals surface area contributed by atoms with E-state index in [2.05, 4.69) is 14.8 Å². The molecule has 0 fully saturated rings. The molecule has 2 rings (SSSR count). The van der Waals surface area contributed by atoms with E-state index in [1.54, 1.807) is 12.1 Å². The number of amides is 1. The van der Waals surface area contributed by atoms with Crippen LogP contribution in [0.2, 0.25) is 20.1 Å². The summed E-state index contributed by atoms with van der Waals surface area (Å²) in [5, 5.41) is 1.50. The van der Waals surface area contributed by atoms with Crippen molar-refractivity contribution in [3.8, 4) is 0 Å². The first-order chi connectivity index (χ1) is 12.7. The van der Waals surface area contributed by atoms with E-state index in [1.165, 1.54) is 19.2 Å². The van der Waals surface area contributed by atoms with Crippen LogP contribution in [0.4, 0.5) is 5.69 Å². The highest BCUT2D eigenvalue weighted by Gasteiger charge is 2.30. The predicted molar refractivity (Wildman–Crippen MR) is 104 cm³/mol. The van der Waals surface area contributed by atoms with Gasteiger partial charge >= 0.3 is 11.9 Å². The van der Waals surface area contributed by atoms with Crippen LogP contribution in [0.5, 0.6) is 0 Å². The first-order valence-electron chi connectivity index (χ1n) is 7.17. The SMILES string of the molecule is COC(=O)c1ccccc1NC(=O)c1c(Cl)c(Cl)c(Cl)c(Cl)c1C(=O)OC. The molecule has 142 valence electrons. The van der Waals surface area contributed by atoms with Gasteiger partial charge in [0.2, 0.25) is 0 Å². The van der Waals surface area contributed by atoms with Gasteiger partial charge in [0.25, 0.3) is 5.91 Å².